The van der Waals surface area contributed by atoms with Crippen LogP contribution in [0.5, 0.6) is 0 Å². The molecule has 18 heavy (non-hydrogen) atoms. The Kier molecular flexibility index (Phi) is 4.25. The molecule has 2 N–H and O–H groups in total. The molecule has 0 spiro atoms. The number of hydrogen-bond acceptors (Lipinski definition) is 3. The summed E-state index contributed by atoms with van der Waals surface area (Å²) in [5.41, 5.74) is 7.44. The topological polar surface area (TPSA) is 56.2 Å². The van der Waals surface area contributed by atoms with Crippen molar-refractivity contribution in [2.75, 3.05) is 6.54 Å². The lowest BCUT2D eigenvalue weighted by Gasteiger charge is -2.20. The predicted octanol–water partition coefficient (Wildman–Crippen LogP) is 3.23. The van der Waals surface area contributed by atoms with Gasteiger partial charge in [-0.05, 0) is 40.9 Å². The number of fused-ring (bicyclic) bond motifs is 1. The minimum atomic E-state index is 0.323. The van der Waals surface area contributed by atoms with Gasteiger partial charge in [0.15, 0.2) is 5.65 Å². The molecule has 0 aliphatic heterocycles. The van der Waals surface area contributed by atoms with Gasteiger partial charge in [0, 0.05) is 5.92 Å². The van der Waals surface area contributed by atoms with Crippen molar-refractivity contribution in [3.8, 4) is 0 Å². The van der Waals surface area contributed by atoms with Crippen LogP contribution in [0.4, 0.5) is 0 Å². The maximum absolute atomic E-state index is 6.08. The maximum Gasteiger partial charge on any atom is 0.171 e. The minimum Gasteiger partial charge on any atom is -0.330 e. The molecule has 6 heteroatoms. The van der Waals surface area contributed by atoms with Crippen LogP contribution >= 0.6 is 27.5 Å². The summed E-state index contributed by atoms with van der Waals surface area (Å²) in [7, 11) is 0. The van der Waals surface area contributed by atoms with Gasteiger partial charge in [-0.3, -0.25) is 0 Å². The van der Waals surface area contributed by atoms with Crippen molar-refractivity contribution < 1.29 is 0 Å². The molecule has 98 valence electrons. The zero-order chi connectivity index (χ0) is 13.3. The third-order valence-corrected chi connectivity index (χ3v) is 4.12. The summed E-state index contributed by atoms with van der Waals surface area (Å²) in [6.07, 6.45) is 2.72. The van der Waals surface area contributed by atoms with E-state index in [9.17, 15) is 0 Å². The monoisotopic (exact) mass is 330 g/mol. The van der Waals surface area contributed by atoms with Crippen LogP contribution in [-0.2, 0) is 0 Å². The van der Waals surface area contributed by atoms with E-state index in [1.54, 1.807) is 6.20 Å². The first-order valence-corrected chi connectivity index (χ1v) is 7.11. The van der Waals surface area contributed by atoms with Gasteiger partial charge < -0.3 is 5.73 Å². The van der Waals surface area contributed by atoms with Gasteiger partial charge in [0.25, 0.3) is 0 Å². The predicted molar refractivity (Wildman–Crippen MR) is 76.9 cm³/mol. The molecule has 0 amide bonds. The second-order valence-electron chi connectivity index (χ2n) is 4.57. The number of hydrogen-bond donors (Lipinski definition) is 1. The Morgan fingerprint density at radius 3 is 2.89 bits per heavy atom. The van der Waals surface area contributed by atoms with Crippen molar-refractivity contribution in [2.45, 2.75) is 26.2 Å². The summed E-state index contributed by atoms with van der Waals surface area (Å²) in [6.45, 7) is 5.05. The molecule has 0 radical (unpaired) electrons. The van der Waals surface area contributed by atoms with Crippen LogP contribution in [0.2, 0.25) is 5.15 Å². The first kappa shape index (κ1) is 13.8. The van der Waals surface area contributed by atoms with E-state index in [-0.39, 0.29) is 0 Å². The van der Waals surface area contributed by atoms with Crippen LogP contribution in [0.15, 0.2) is 16.7 Å². The second kappa shape index (κ2) is 5.55. The van der Waals surface area contributed by atoms with Crippen LogP contribution in [0, 0.1) is 5.92 Å². The summed E-state index contributed by atoms with van der Waals surface area (Å²) in [5, 5.41) is 4.83. The average Bonchev–Trinajstić information content (AvgIpc) is 2.70. The van der Waals surface area contributed by atoms with Crippen molar-refractivity contribution in [1.29, 1.82) is 0 Å². The highest BCUT2D eigenvalue weighted by Gasteiger charge is 2.19. The molecule has 4 nitrogen and oxygen atoms in total. The summed E-state index contributed by atoms with van der Waals surface area (Å²) in [6, 6.07) is 1.88. The largest absolute Gasteiger partial charge is 0.330 e. The fourth-order valence-electron chi connectivity index (χ4n) is 2.06. The Morgan fingerprint density at radius 2 is 2.22 bits per heavy atom. The molecule has 2 atom stereocenters. The van der Waals surface area contributed by atoms with E-state index in [0.717, 1.165) is 22.2 Å². The highest BCUT2D eigenvalue weighted by Crippen LogP contribution is 2.29. The molecule has 2 rings (SSSR count). The smallest absolute Gasteiger partial charge is 0.171 e. The van der Waals surface area contributed by atoms with Crippen LogP contribution in [-0.4, -0.2) is 21.1 Å². The number of rotatable bonds is 4. The quantitative estimate of drug-likeness (QED) is 0.875. The third-order valence-electron chi connectivity index (χ3n) is 3.37. The van der Waals surface area contributed by atoms with E-state index in [2.05, 4.69) is 39.9 Å². The van der Waals surface area contributed by atoms with E-state index >= 15 is 0 Å². The van der Waals surface area contributed by atoms with Gasteiger partial charge in [-0.15, -0.1) is 0 Å². The first-order chi connectivity index (χ1) is 8.54. The van der Waals surface area contributed by atoms with Gasteiger partial charge in [0.05, 0.1) is 16.4 Å². The van der Waals surface area contributed by atoms with Gasteiger partial charge in [0.2, 0.25) is 0 Å². The Morgan fingerprint density at radius 1 is 1.50 bits per heavy atom. The van der Waals surface area contributed by atoms with E-state index in [1.165, 1.54) is 0 Å². The fraction of sp³-hybridized carbons (Fsp3) is 0.500. The number of nitrogens with zero attached hydrogens (tertiary/aromatic N) is 3. The van der Waals surface area contributed by atoms with E-state index in [1.807, 2.05) is 10.6 Å². The van der Waals surface area contributed by atoms with Crippen molar-refractivity contribution in [1.82, 2.24) is 14.6 Å². The second-order valence-corrected chi connectivity index (χ2v) is 5.82. The summed E-state index contributed by atoms with van der Waals surface area (Å²) >= 11 is 9.51. The lowest BCUT2D eigenvalue weighted by atomic mass is 9.90. The summed E-state index contributed by atoms with van der Waals surface area (Å²) in [4.78, 5) is 4.28. The number of halogens is 2. The maximum atomic E-state index is 6.08. The van der Waals surface area contributed by atoms with Gasteiger partial charge in [-0.25, -0.2) is 9.50 Å². The highest BCUT2D eigenvalue weighted by molar-refractivity contribution is 9.10. The molecule has 0 bridgehead atoms. The molecule has 0 aliphatic carbocycles. The Bertz CT molecular complexity index is 554. The normalized spacial score (nSPS) is 14.9. The van der Waals surface area contributed by atoms with E-state index < -0.39 is 0 Å². The van der Waals surface area contributed by atoms with Crippen molar-refractivity contribution >= 4 is 33.2 Å². The Balaban J connectivity index is 2.49. The van der Waals surface area contributed by atoms with E-state index in [4.69, 9.17) is 17.3 Å². The molecule has 2 unspecified atom stereocenters. The van der Waals surface area contributed by atoms with Gasteiger partial charge >= 0.3 is 0 Å². The zero-order valence-electron chi connectivity index (χ0n) is 10.4. The highest BCUT2D eigenvalue weighted by atomic mass is 79.9. The Labute approximate surface area is 120 Å². The molecule has 0 aliphatic rings. The number of aromatic nitrogens is 3. The van der Waals surface area contributed by atoms with Crippen molar-refractivity contribution in [3.63, 3.8) is 0 Å². The number of nitrogens with two attached hydrogens (primary N) is 1. The molecule has 0 saturated carbocycles. The lowest BCUT2D eigenvalue weighted by Crippen LogP contribution is -2.15. The minimum absolute atomic E-state index is 0.323. The molecule has 0 fully saturated rings. The van der Waals surface area contributed by atoms with E-state index in [0.29, 0.717) is 23.5 Å². The molecule has 2 heterocycles. The average molecular weight is 332 g/mol. The van der Waals surface area contributed by atoms with Crippen LogP contribution in [0.1, 0.15) is 31.9 Å². The van der Waals surface area contributed by atoms with Crippen molar-refractivity contribution in [3.05, 3.63) is 27.6 Å². The summed E-state index contributed by atoms with van der Waals surface area (Å²) in [5.74, 6) is 0.794. The van der Waals surface area contributed by atoms with Gasteiger partial charge in [0.1, 0.15) is 5.15 Å². The van der Waals surface area contributed by atoms with Crippen molar-refractivity contribution in [2.24, 2.45) is 11.7 Å². The van der Waals surface area contributed by atoms with Gasteiger partial charge in [-0.1, -0.05) is 25.4 Å². The Hall–Kier alpha value is -0.650. The molecular formula is C12H16BrClN4. The SMILES string of the molecule is CC(CCN)C(C)c1cc(Cl)nc2c(Br)cnn12. The summed E-state index contributed by atoms with van der Waals surface area (Å²) < 4.78 is 2.69. The fourth-order valence-corrected chi connectivity index (χ4v) is 2.60. The molecule has 0 aromatic carbocycles. The third kappa shape index (κ3) is 2.53. The van der Waals surface area contributed by atoms with Crippen LogP contribution < -0.4 is 5.73 Å². The molecule has 2 aromatic rings. The van der Waals surface area contributed by atoms with Gasteiger partial charge in [-0.2, -0.15) is 5.10 Å². The lowest BCUT2D eigenvalue weighted by molar-refractivity contribution is 0.445. The molecule has 0 saturated heterocycles. The zero-order valence-corrected chi connectivity index (χ0v) is 12.7. The molecular weight excluding hydrogens is 316 g/mol. The standard InChI is InChI=1S/C12H16BrClN4/c1-7(3-4-15)8(2)10-5-11(14)17-12-9(13)6-16-18(10)12/h5-8H,3-4,15H2,1-2H3. The molecule has 2 aromatic heterocycles. The first-order valence-electron chi connectivity index (χ1n) is 5.94. The van der Waals surface area contributed by atoms with Crippen LogP contribution in [0.3, 0.4) is 0 Å². The van der Waals surface area contributed by atoms with Crippen LogP contribution in [0.25, 0.3) is 5.65 Å².